The van der Waals surface area contributed by atoms with Crippen molar-refractivity contribution in [2.45, 2.75) is 45.4 Å². The van der Waals surface area contributed by atoms with Gasteiger partial charge in [0, 0.05) is 20.8 Å². The molecule has 0 aromatic heterocycles. The molecule has 7 nitrogen and oxygen atoms in total. The summed E-state index contributed by atoms with van der Waals surface area (Å²) in [6.45, 7) is 3.51. The maximum Gasteiger partial charge on any atom is 0.305 e. The van der Waals surface area contributed by atoms with Gasteiger partial charge in [-0.15, -0.1) is 6.42 Å². The molecule has 1 aliphatic heterocycles. The molecule has 0 aromatic carbocycles. The maximum atomic E-state index is 11.0. The molecule has 0 N–H and O–H groups in total. The van der Waals surface area contributed by atoms with Crippen molar-refractivity contribution in [1.82, 2.24) is 0 Å². The van der Waals surface area contributed by atoms with E-state index in [1.54, 1.807) is 0 Å². The number of rotatable bonds is 3. The lowest BCUT2D eigenvalue weighted by atomic mass is 10.1. The lowest BCUT2D eigenvalue weighted by Gasteiger charge is -2.21. The van der Waals surface area contributed by atoms with Crippen molar-refractivity contribution in [1.29, 1.82) is 0 Å². The van der Waals surface area contributed by atoms with E-state index in [-0.39, 0.29) is 0 Å². The molecule has 1 saturated heterocycles. The number of esters is 3. The van der Waals surface area contributed by atoms with Crippen molar-refractivity contribution >= 4 is 17.9 Å². The minimum atomic E-state index is -1.20. The highest BCUT2D eigenvalue weighted by Crippen LogP contribution is 2.27. The van der Waals surface area contributed by atoms with Crippen LogP contribution in [-0.2, 0) is 33.3 Å². The first-order valence-electron chi connectivity index (χ1n) is 5.48. The summed E-state index contributed by atoms with van der Waals surface area (Å²) >= 11 is 0. The van der Waals surface area contributed by atoms with Crippen molar-refractivity contribution in [2.75, 3.05) is 0 Å². The Hall–Kier alpha value is -2.07. The summed E-state index contributed by atoms with van der Waals surface area (Å²) in [5.74, 6) is 0.352. The summed E-state index contributed by atoms with van der Waals surface area (Å²) in [6.07, 6.45) is 0.967. The molecule has 0 saturated carbocycles. The smallest absolute Gasteiger partial charge is 0.305 e. The first kappa shape index (κ1) is 15.0. The predicted molar refractivity (Wildman–Crippen MR) is 60.4 cm³/mol. The molecule has 0 amide bonds. The summed E-state index contributed by atoms with van der Waals surface area (Å²) in [5, 5.41) is 0. The average Bonchev–Trinajstić information content (AvgIpc) is 2.55. The molecule has 4 atom stereocenters. The zero-order chi connectivity index (χ0) is 14.6. The van der Waals surface area contributed by atoms with Crippen LogP contribution in [0.4, 0.5) is 0 Å². The number of carbonyl (C=O) groups is 3. The minimum Gasteiger partial charge on any atom is -0.454 e. The Morgan fingerprint density at radius 3 is 1.84 bits per heavy atom. The van der Waals surface area contributed by atoms with E-state index in [4.69, 9.17) is 25.4 Å². The van der Waals surface area contributed by atoms with Crippen LogP contribution in [0.15, 0.2) is 0 Å². The van der Waals surface area contributed by atoms with Crippen molar-refractivity contribution in [2.24, 2.45) is 0 Å². The summed E-state index contributed by atoms with van der Waals surface area (Å²) in [5.41, 5.74) is 0. The van der Waals surface area contributed by atoms with E-state index in [2.05, 4.69) is 5.92 Å². The zero-order valence-electron chi connectivity index (χ0n) is 10.7. The van der Waals surface area contributed by atoms with Gasteiger partial charge in [-0.05, 0) is 0 Å². The fourth-order valence-electron chi connectivity index (χ4n) is 1.65. The van der Waals surface area contributed by atoms with E-state index in [9.17, 15) is 14.4 Å². The highest BCUT2D eigenvalue weighted by molar-refractivity contribution is 5.68. The van der Waals surface area contributed by atoms with Crippen LogP contribution in [0, 0.1) is 12.3 Å². The molecule has 1 heterocycles. The summed E-state index contributed by atoms with van der Waals surface area (Å²) in [6, 6.07) is 0. The average molecular weight is 270 g/mol. The number of hydrogen-bond acceptors (Lipinski definition) is 7. The Morgan fingerprint density at radius 2 is 1.42 bits per heavy atom. The first-order chi connectivity index (χ1) is 8.85. The van der Waals surface area contributed by atoms with Gasteiger partial charge in [-0.3, -0.25) is 14.4 Å². The van der Waals surface area contributed by atoms with Crippen LogP contribution in [0.5, 0.6) is 0 Å². The summed E-state index contributed by atoms with van der Waals surface area (Å²) < 4.78 is 20.0. The quantitative estimate of drug-likeness (QED) is 0.397. The molecule has 1 aliphatic rings. The van der Waals surface area contributed by atoms with Crippen molar-refractivity contribution in [3.05, 3.63) is 0 Å². The SMILES string of the molecule is C#CC1OC(OC(C)=O)C(OC(C)=O)C1OC(C)=O. The Kier molecular flexibility index (Phi) is 4.89. The van der Waals surface area contributed by atoms with Crippen LogP contribution in [0.1, 0.15) is 20.8 Å². The van der Waals surface area contributed by atoms with Gasteiger partial charge in [-0.1, -0.05) is 5.92 Å². The lowest BCUT2D eigenvalue weighted by Crippen LogP contribution is -2.40. The van der Waals surface area contributed by atoms with Gasteiger partial charge >= 0.3 is 17.9 Å². The standard InChI is InChI=1S/C12H14O7/c1-5-9-10(16-6(2)13)11(17-7(3)14)12(19-9)18-8(4)15/h1,9-12H,2-4H3. The van der Waals surface area contributed by atoms with E-state index in [1.165, 1.54) is 13.8 Å². The zero-order valence-corrected chi connectivity index (χ0v) is 10.7. The molecule has 7 heteroatoms. The second-order valence-corrected chi connectivity index (χ2v) is 3.85. The van der Waals surface area contributed by atoms with Gasteiger partial charge in [0.05, 0.1) is 0 Å². The third kappa shape index (κ3) is 3.96. The van der Waals surface area contributed by atoms with Crippen LogP contribution in [0.2, 0.25) is 0 Å². The number of terminal acetylenes is 1. The van der Waals surface area contributed by atoms with E-state index in [0.717, 1.165) is 6.92 Å². The predicted octanol–water partition coefficient (Wildman–Crippen LogP) is -0.229. The Labute approximate surface area is 110 Å². The molecular formula is C12H14O7. The Bertz CT molecular complexity index is 422. The summed E-state index contributed by atoms with van der Waals surface area (Å²) in [4.78, 5) is 33.0. The number of ether oxygens (including phenoxy) is 4. The largest absolute Gasteiger partial charge is 0.454 e. The number of hydrogen-bond donors (Lipinski definition) is 0. The van der Waals surface area contributed by atoms with Gasteiger partial charge in [-0.2, -0.15) is 0 Å². The van der Waals surface area contributed by atoms with Crippen LogP contribution in [-0.4, -0.2) is 42.5 Å². The molecule has 0 bridgehead atoms. The van der Waals surface area contributed by atoms with E-state index in [1.807, 2.05) is 0 Å². The molecule has 4 unspecified atom stereocenters. The van der Waals surface area contributed by atoms with Crippen LogP contribution in [0.3, 0.4) is 0 Å². The van der Waals surface area contributed by atoms with Crippen LogP contribution >= 0.6 is 0 Å². The van der Waals surface area contributed by atoms with E-state index < -0.39 is 42.5 Å². The molecule has 0 spiro atoms. The third-order valence-electron chi connectivity index (χ3n) is 2.22. The molecule has 1 fully saturated rings. The third-order valence-corrected chi connectivity index (χ3v) is 2.22. The molecule has 19 heavy (non-hydrogen) atoms. The lowest BCUT2D eigenvalue weighted by molar-refractivity contribution is -0.194. The van der Waals surface area contributed by atoms with Crippen LogP contribution < -0.4 is 0 Å². The molecule has 0 aliphatic carbocycles. The monoisotopic (exact) mass is 270 g/mol. The van der Waals surface area contributed by atoms with Gasteiger partial charge in [0.15, 0.2) is 12.2 Å². The van der Waals surface area contributed by atoms with Gasteiger partial charge in [0.1, 0.15) is 0 Å². The van der Waals surface area contributed by atoms with E-state index >= 15 is 0 Å². The van der Waals surface area contributed by atoms with Crippen molar-refractivity contribution in [3.8, 4) is 12.3 Å². The molecule has 1 rings (SSSR count). The van der Waals surface area contributed by atoms with Gasteiger partial charge in [-0.25, -0.2) is 0 Å². The molecule has 104 valence electrons. The molecule has 0 radical (unpaired) electrons. The molecule has 0 aromatic rings. The number of carbonyl (C=O) groups excluding carboxylic acids is 3. The van der Waals surface area contributed by atoms with Crippen molar-refractivity contribution in [3.63, 3.8) is 0 Å². The van der Waals surface area contributed by atoms with Crippen LogP contribution in [0.25, 0.3) is 0 Å². The fourth-order valence-corrected chi connectivity index (χ4v) is 1.65. The highest BCUT2D eigenvalue weighted by Gasteiger charge is 2.50. The normalized spacial score (nSPS) is 29.2. The highest BCUT2D eigenvalue weighted by atomic mass is 16.7. The second kappa shape index (κ2) is 6.20. The maximum absolute atomic E-state index is 11.0. The summed E-state index contributed by atoms with van der Waals surface area (Å²) in [7, 11) is 0. The first-order valence-corrected chi connectivity index (χ1v) is 5.48. The van der Waals surface area contributed by atoms with Gasteiger partial charge < -0.3 is 18.9 Å². The van der Waals surface area contributed by atoms with Gasteiger partial charge in [0.25, 0.3) is 0 Å². The Balaban J connectivity index is 2.94. The Morgan fingerprint density at radius 1 is 0.947 bits per heavy atom. The fraction of sp³-hybridized carbons (Fsp3) is 0.583. The molecular weight excluding hydrogens is 256 g/mol. The van der Waals surface area contributed by atoms with Crippen molar-refractivity contribution < 1.29 is 33.3 Å². The minimum absolute atomic E-state index is 0.616. The van der Waals surface area contributed by atoms with E-state index in [0.29, 0.717) is 0 Å². The van der Waals surface area contributed by atoms with Gasteiger partial charge in [0.2, 0.25) is 12.4 Å². The topological polar surface area (TPSA) is 88.1 Å². The second-order valence-electron chi connectivity index (χ2n) is 3.85.